The molecule has 118 valence electrons. The number of nitrogens with zero attached hydrogens (tertiary/aromatic N) is 2. The highest BCUT2D eigenvalue weighted by atomic mass is 35.5. The highest BCUT2D eigenvalue weighted by molar-refractivity contribution is 6.30. The average Bonchev–Trinajstić information content (AvgIpc) is 2.55. The van der Waals surface area contributed by atoms with Crippen molar-refractivity contribution in [3.8, 4) is 17.0 Å². The molecule has 0 saturated heterocycles. The Morgan fingerprint density at radius 1 is 1.04 bits per heavy atom. The van der Waals surface area contributed by atoms with Crippen molar-refractivity contribution >= 4 is 28.5 Å². The van der Waals surface area contributed by atoms with Crippen molar-refractivity contribution in [1.29, 1.82) is 0 Å². The number of nitrogens with two attached hydrogens (primary N) is 1. The van der Waals surface area contributed by atoms with Gasteiger partial charge in [-0.1, -0.05) is 11.6 Å². The van der Waals surface area contributed by atoms with Crippen LogP contribution in [0.1, 0.15) is 6.92 Å². The topological polar surface area (TPSA) is 89.1 Å². The number of ether oxygens (including phenoxy) is 1. The molecule has 0 fully saturated rings. The van der Waals surface area contributed by atoms with E-state index in [0.29, 0.717) is 32.4 Å². The van der Waals surface area contributed by atoms with Crippen molar-refractivity contribution in [2.45, 2.75) is 6.92 Å². The molecule has 3 rings (SSSR count). The molecular weight excluding hydrogens is 318 g/mol. The van der Waals surface area contributed by atoms with Gasteiger partial charge in [0.1, 0.15) is 5.75 Å². The van der Waals surface area contributed by atoms with Crippen LogP contribution in [0.25, 0.3) is 22.3 Å². The Morgan fingerprint density at radius 3 is 2.39 bits per heavy atom. The molecule has 23 heavy (non-hydrogen) atoms. The smallest absolute Gasteiger partial charge is 0.351 e. The maximum Gasteiger partial charge on any atom is 0.351 e. The molecule has 0 bridgehead atoms. The molecule has 3 aromatic rings. The van der Waals surface area contributed by atoms with E-state index in [1.165, 1.54) is 12.1 Å². The van der Waals surface area contributed by atoms with Crippen molar-refractivity contribution in [3.05, 3.63) is 57.9 Å². The summed E-state index contributed by atoms with van der Waals surface area (Å²) in [4.78, 5) is 0. The second kappa shape index (κ2) is 5.81. The number of hydrogen-bond donors (Lipinski definition) is 1. The zero-order valence-electron chi connectivity index (χ0n) is 12.3. The normalized spacial score (nSPS) is 10.9. The molecule has 1 aromatic heterocycles. The Morgan fingerprint density at radius 2 is 1.74 bits per heavy atom. The van der Waals surface area contributed by atoms with Gasteiger partial charge in [-0.2, -0.15) is 4.73 Å². The molecule has 0 aliphatic rings. The lowest BCUT2D eigenvalue weighted by atomic mass is 10.1. The summed E-state index contributed by atoms with van der Waals surface area (Å²) in [6.45, 7) is 2.30. The fraction of sp³-hybridized carbons (Fsp3) is 0.125. The number of nitrogen functional groups attached to an aromatic ring is 1. The van der Waals surface area contributed by atoms with Gasteiger partial charge < -0.3 is 15.2 Å². The van der Waals surface area contributed by atoms with E-state index in [1.54, 1.807) is 30.3 Å². The number of anilines is 1. The Labute approximate surface area is 137 Å². The van der Waals surface area contributed by atoms with Gasteiger partial charge in [0.15, 0.2) is 0 Å². The van der Waals surface area contributed by atoms with Crippen LogP contribution in [-0.4, -0.2) is 6.61 Å². The van der Waals surface area contributed by atoms with Crippen LogP contribution in [0.3, 0.4) is 0 Å². The Hall–Kier alpha value is -2.73. The first kappa shape index (κ1) is 15.2. The molecule has 0 saturated carbocycles. The molecule has 2 aromatic carbocycles. The molecule has 0 amide bonds. The lowest BCUT2D eigenvalue weighted by Gasteiger charge is -2.14. The molecule has 7 heteroatoms. The predicted octanol–water partition coefficient (Wildman–Crippen LogP) is 2.41. The van der Waals surface area contributed by atoms with Crippen LogP contribution in [0.5, 0.6) is 5.75 Å². The summed E-state index contributed by atoms with van der Waals surface area (Å²) >= 11 is 5.86. The average molecular weight is 332 g/mol. The molecule has 0 unspecified atom stereocenters. The van der Waals surface area contributed by atoms with E-state index in [2.05, 4.69) is 0 Å². The highest BCUT2D eigenvalue weighted by Gasteiger charge is 2.25. The van der Waals surface area contributed by atoms with Gasteiger partial charge in [-0.3, -0.25) is 5.73 Å². The van der Waals surface area contributed by atoms with Crippen LogP contribution in [0, 0.1) is 10.4 Å². The van der Waals surface area contributed by atoms with Gasteiger partial charge in [0.25, 0.3) is 5.52 Å². The van der Waals surface area contributed by atoms with Crippen molar-refractivity contribution < 1.29 is 14.2 Å². The largest absolute Gasteiger partial charge is 0.710 e. The summed E-state index contributed by atoms with van der Waals surface area (Å²) in [6.07, 6.45) is 0. The zero-order valence-corrected chi connectivity index (χ0v) is 13.1. The van der Waals surface area contributed by atoms with E-state index in [0.717, 1.165) is 0 Å². The third-order valence-corrected chi connectivity index (χ3v) is 3.73. The minimum absolute atomic E-state index is 0.0813. The summed E-state index contributed by atoms with van der Waals surface area (Å²) in [5.41, 5.74) is 6.84. The van der Waals surface area contributed by atoms with Gasteiger partial charge in [0.2, 0.25) is 5.52 Å². The lowest BCUT2D eigenvalue weighted by molar-refractivity contribution is -0.609. The fourth-order valence-electron chi connectivity index (χ4n) is 2.42. The van der Waals surface area contributed by atoms with E-state index < -0.39 is 0 Å². The predicted molar refractivity (Wildman–Crippen MR) is 87.9 cm³/mol. The van der Waals surface area contributed by atoms with Crippen LogP contribution >= 0.6 is 11.6 Å². The van der Waals surface area contributed by atoms with E-state index in [4.69, 9.17) is 22.1 Å². The first-order valence-corrected chi connectivity index (χ1v) is 7.37. The summed E-state index contributed by atoms with van der Waals surface area (Å²) in [5.74, 6) is 0.343. The monoisotopic (exact) mass is 331 g/mol. The van der Waals surface area contributed by atoms with Gasteiger partial charge in [0.05, 0.1) is 18.2 Å². The Balaban J connectivity index is 2.31. The zero-order chi connectivity index (χ0) is 16.6. The van der Waals surface area contributed by atoms with E-state index in [9.17, 15) is 10.4 Å². The van der Waals surface area contributed by atoms with Gasteiger partial charge in [-0.05, 0) is 43.3 Å². The number of aromatic nitrogens is 2. The lowest BCUT2D eigenvalue weighted by Crippen LogP contribution is -2.42. The first-order chi connectivity index (χ1) is 11.0. The summed E-state index contributed by atoms with van der Waals surface area (Å²) in [5, 5.41) is 25.6. The van der Waals surface area contributed by atoms with Crippen LogP contribution < -0.4 is 19.9 Å². The standard InChI is InChI=1S/C16H14ClN3O3/c1-2-23-12-7-8-13-14(9-12)19(21)15(16(18)20(13)22)10-3-5-11(17)6-4-10/h3-9H,2,18H2,1H3. The summed E-state index contributed by atoms with van der Waals surface area (Å²) in [7, 11) is 0. The third kappa shape index (κ3) is 2.57. The minimum atomic E-state index is -0.168. The molecule has 0 spiro atoms. The van der Waals surface area contributed by atoms with E-state index in [-0.39, 0.29) is 22.5 Å². The van der Waals surface area contributed by atoms with Gasteiger partial charge >= 0.3 is 11.5 Å². The van der Waals surface area contributed by atoms with Gasteiger partial charge in [0, 0.05) is 5.02 Å². The molecule has 0 aliphatic heterocycles. The summed E-state index contributed by atoms with van der Waals surface area (Å²) < 4.78 is 6.58. The van der Waals surface area contributed by atoms with Crippen molar-refractivity contribution in [2.24, 2.45) is 0 Å². The van der Waals surface area contributed by atoms with Crippen LogP contribution in [0.15, 0.2) is 42.5 Å². The number of benzene rings is 2. The van der Waals surface area contributed by atoms with Crippen molar-refractivity contribution in [2.75, 3.05) is 12.3 Å². The maximum absolute atomic E-state index is 12.7. The summed E-state index contributed by atoms with van der Waals surface area (Å²) in [6, 6.07) is 11.2. The van der Waals surface area contributed by atoms with E-state index in [1.807, 2.05) is 6.92 Å². The minimum Gasteiger partial charge on any atom is -0.710 e. The Bertz CT molecular complexity index is 882. The number of hydrogen-bond acceptors (Lipinski definition) is 4. The van der Waals surface area contributed by atoms with Gasteiger partial charge in [-0.15, -0.1) is 0 Å². The van der Waals surface area contributed by atoms with Gasteiger partial charge in [-0.25, -0.2) is 4.73 Å². The van der Waals surface area contributed by atoms with Crippen LogP contribution in [-0.2, 0) is 0 Å². The maximum atomic E-state index is 12.7. The van der Waals surface area contributed by atoms with E-state index >= 15 is 0 Å². The van der Waals surface area contributed by atoms with Crippen LogP contribution in [0.2, 0.25) is 5.02 Å². The highest BCUT2D eigenvalue weighted by Crippen LogP contribution is 2.25. The molecule has 0 aliphatic carbocycles. The van der Waals surface area contributed by atoms with Crippen molar-refractivity contribution in [1.82, 2.24) is 0 Å². The number of fused-ring (bicyclic) bond motifs is 1. The number of halogens is 1. The van der Waals surface area contributed by atoms with Crippen LogP contribution in [0.4, 0.5) is 5.82 Å². The first-order valence-electron chi connectivity index (χ1n) is 7.00. The molecule has 6 nitrogen and oxygen atoms in total. The molecular formula is C16H14ClN3O3. The van der Waals surface area contributed by atoms with Crippen molar-refractivity contribution in [3.63, 3.8) is 0 Å². The number of rotatable bonds is 3. The molecule has 2 N–H and O–H groups in total. The third-order valence-electron chi connectivity index (χ3n) is 3.48. The molecule has 1 heterocycles. The SMILES string of the molecule is CCOc1ccc2c(c1)[n+]([O-])c(-c1ccc(Cl)cc1)c(N)[n+]2[O-]. The molecule has 0 atom stereocenters. The second-order valence-corrected chi connectivity index (χ2v) is 5.35. The molecule has 0 radical (unpaired) electrons. The quantitative estimate of drug-likeness (QED) is 0.589. The Kier molecular flexibility index (Phi) is 3.83. The fourth-order valence-corrected chi connectivity index (χ4v) is 2.54. The second-order valence-electron chi connectivity index (χ2n) is 4.91.